The monoisotopic (exact) mass is 451 g/mol. The lowest BCUT2D eigenvalue weighted by atomic mass is 10.1. The fourth-order valence-electron chi connectivity index (χ4n) is 4.22. The Hall–Kier alpha value is -2.97. The summed E-state index contributed by atoms with van der Waals surface area (Å²) < 4.78 is 28.9. The topological polar surface area (TPSA) is 78.4 Å². The number of rotatable bonds is 5. The normalized spacial score (nSPS) is 15.1. The fourth-order valence-corrected chi connectivity index (χ4v) is 5.73. The van der Waals surface area contributed by atoms with Crippen LogP contribution in [0.5, 0.6) is 0 Å². The maximum Gasteiger partial charge on any atom is 0.262 e. The molecular formula is C24H29N5O2S. The molecule has 0 unspecified atom stereocenters. The van der Waals surface area contributed by atoms with Gasteiger partial charge < -0.3 is 9.80 Å². The van der Waals surface area contributed by atoms with Crippen molar-refractivity contribution < 1.29 is 8.42 Å². The molecule has 0 atom stereocenters. The van der Waals surface area contributed by atoms with Crippen LogP contribution in [0.1, 0.15) is 16.7 Å². The highest BCUT2D eigenvalue weighted by Crippen LogP contribution is 2.27. The Bertz CT molecular complexity index is 1190. The third-order valence-corrected chi connectivity index (χ3v) is 7.45. The number of aryl methyl sites for hydroxylation is 3. The fraction of sp³-hybridized carbons (Fsp3) is 0.333. The van der Waals surface area contributed by atoms with Gasteiger partial charge in [-0.15, -0.1) is 10.2 Å². The van der Waals surface area contributed by atoms with E-state index in [9.17, 15) is 8.42 Å². The molecule has 2 heterocycles. The molecule has 1 aliphatic heterocycles. The third-order valence-electron chi connectivity index (χ3n) is 5.76. The van der Waals surface area contributed by atoms with E-state index in [1.54, 1.807) is 12.1 Å². The molecule has 0 amide bonds. The van der Waals surface area contributed by atoms with Crippen molar-refractivity contribution in [1.29, 1.82) is 0 Å². The molecule has 0 radical (unpaired) electrons. The summed E-state index contributed by atoms with van der Waals surface area (Å²) in [6, 6.07) is 14.9. The molecule has 168 valence electrons. The number of piperazine rings is 1. The van der Waals surface area contributed by atoms with Crippen molar-refractivity contribution in [2.75, 3.05) is 42.8 Å². The van der Waals surface area contributed by atoms with Crippen LogP contribution in [0.15, 0.2) is 53.4 Å². The van der Waals surface area contributed by atoms with Crippen LogP contribution in [0.2, 0.25) is 0 Å². The van der Waals surface area contributed by atoms with E-state index >= 15 is 0 Å². The summed E-state index contributed by atoms with van der Waals surface area (Å²) in [5.74, 6) is 0.865. The summed E-state index contributed by atoms with van der Waals surface area (Å²) in [6.07, 6.45) is 0. The molecule has 2 aromatic carbocycles. The molecule has 0 aliphatic carbocycles. The molecule has 1 aliphatic rings. The van der Waals surface area contributed by atoms with Crippen LogP contribution in [0.3, 0.4) is 0 Å². The van der Waals surface area contributed by atoms with Gasteiger partial charge in [-0.3, -0.25) is 4.72 Å². The standard InChI is InChI=1S/C24H29N5O2S/c1-17-14-18(2)24(19(3)15-17)32(30,31)27-21-7-5-6-20(16-21)22-8-9-23(26-25-22)29-12-10-28(4)11-13-29/h5-9,14-16,27H,10-13H2,1-4H3. The quantitative estimate of drug-likeness (QED) is 0.638. The largest absolute Gasteiger partial charge is 0.353 e. The number of anilines is 2. The first-order valence-corrected chi connectivity index (χ1v) is 12.2. The Labute approximate surface area is 190 Å². The minimum Gasteiger partial charge on any atom is -0.353 e. The van der Waals surface area contributed by atoms with Crippen molar-refractivity contribution in [1.82, 2.24) is 15.1 Å². The van der Waals surface area contributed by atoms with E-state index in [2.05, 4.69) is 31.8 Å². The van der Waals surface area contributed by atoms with Gasteiger partial charge in [0.25, 0.3) is 10.0 Å². The van der Waals surface area contributed by atoms with Crippen molar-refractivity contribution in [2.45, 2.75) is 25.7 Å². The molecule has 4 rings (SSSR count). The predicted molar refractivity (Wildman–Crippen MR) is 129 cm³/mol. The van der Waals surface area contributed by atoms with Gasteiger partial charge in [0.15, 0.2) is 5.82 Å². The molecule has 0 bridgehead atoms. The molecule has 1 saturated heterocycles. The van der Waals surface area contributed by atoms with Crippen LogP contribution in [0.25, 0.3) is 11.3 Å². The number of aromatic nitrogens is 2. The molecule has 1 aromatic heterocycles. The number of hydrogen-bond acceptors (Lipinski definition) is 6. The van der Waals surface area contributed by atoms with Gasteiger partial charge in [-0.1, -0.05) is 29.8 Å². The van der Waals surface area contributed by atoms with Crippen molar-refractivity contribution in [3.63, 3.8) is 0 Å². The second kappa shape index (κ2) is 8.88. The molecule has 0 spiro atoms. The van der Waals surface area contributed by atoms with Gasteiger partial charge in [0, 0.05) is 37.4 Å². The molecular weight excluding hydrogens is 422 g/mol. The van der Waals surface area contributed by atoms with E-state index in [0.29, 0.717) is 16.3 Å². The van der Waals surface area contributed by atoms with Crippen LogP contribution in [-0.2, 0) is 10.0 Å². The maximum atomic E-state index is 13.1. The Morgan fingerprint density at radius 1 is 0.875 bits per heavy atom. The highest BCUT2D eigenvalue weighted by Gasteiger charge is 2.20. The first-order valence-electron chi connectivity index (χ1n) is 10.7. The van der Waals surface area contributed by atoms with Gasteiger partial charge in [-0.05, 0) is 63.2 Å². The molecule has 0 saturated carbocycles. The molecule has 1 fully saturated rings. The first-order chi connectivity index (χ1) is 15.2. The molecule has 7 nitrogen and oxygen atoms in total. The summed E-state index contributed by atoms with van der Waals surface area (Å²) >= 11 is 0. The van der Waals surface area contributed by atoms with E-state index in [1.807, 2.05) is 57.2 Å². The van der Waals surface area contributed by atoms with Gasteiger partial charge >= 0.3 is 0 Å². The van der Waals surface area contributed by atoms with E-state index < -0.39 is 10.0 Å². The van der Waals surface area contributed by atoms with E-state index in [-0.39, 0.29) is 0 Å². The van der Waals surface area contributed by atoms with Crippen LogP contribution < -0.4 is 9.62 Å². The maximum absolute atomic E-state index is 13.1. The summed E-state index contributed by atoms with van der Waals surface area (Å²) in [5.41, 5.74) is 4.51. The molecule has 8 heteroatoms. The average molecular weight is 452 g/mol. The number of nitrogens with one attached hydrogen (secondary N) is 1. The lowest BCUT2D eigenvalue weighted by Crippen LogP contribution is -2.44. The molecule has 3 aromatic rings. The zero-order valence-corrected chi connectivity index (χ0v) is 19.8. The van der Waals surface area contributed by atoms with Crippen LogP contribution in [0, 0.1) is 20.8 Å². The van der Waals surface area contributed by atoms with Gasteiger partial charge in [0.1, 0.15) is 0 Å². The summed E-state index contributed by atoms with van der Waals surface area (Å²) in [5, 5.41) is 8.80. The zero-order chi connectivity index (χ0) is 22.9. The first kappa shape index (κ1) is 22.2. The van der Waals surface area contributed by atoms with Crippen molar-refractivity contribution >= 4 is 21.5 Å². The number of hydrogen-bond donors (Lipinski definition) is 1. The second-order valence-electron chi connectivity index (χ2n) is 8.48. The summed E-state index contributed by atoms with van der Waals surface area (Å²) in [4.78, 5) is 4.85. The minimum absolute atomic E-state index is 0.324. The lowest BCUT2D eigenvalue weighted by Gasteiger charge is -2.32. The molecule has 32 heavy (non-hydrogen) atoms. The van der Waals surface area contributed by atoms with Gasteiger partial charge in [0.05, 0.1) is 10.6 Å². The Balaban J connectivity index is 1.55. The van der Waals surface area contributed by atoms with Crippen molar-refractivity contribution in [2.24, 2.45) is 0 Å². The average Bonchev–Trinajstić information content (AvgIpc) is 2.73. The third kappa shape index (κ3) is 4.76. The Kier molecular flexibility index (Phi) is 6.17. The van der Waals surface area contributed by atoms with Crippen molar-refractivity contribution in [3.05, 3.63) is 65.2 Å². The van der Waals surface area contributed by atoms with Gasteiger partial charge in [-0.25, -0.2) is 8.42 Å². The number of likely N-dealkylation sites (N-methyl/N-ethyl adjacent to an activating group) is 1. The van der Waals surface area contributed by atoms with Crippen molar-refractivity contribution in [3.8, 4) is 11.3 Å². The highest BCUT2D eigenvalue weighted by molar-refractivity contribution is 7.92. The zero-order valence-electron chi connectivity index (χ0n) is 19.0. The predicted octanol–water partition coefficient (Wildman–Crippen LogP) is 3.62. The number of nitrogens with zero attached hydrogens (tertiary/aromatic N) is 4. The minimum atomic E-state index is -3.71. The van der Waals surface area contributed by atoms with E-state index in [4.69, 9.17) is 0 Å². The second-order valence-corrected chi connectivity index (χ2v) is 10.1. The number of sulfonamides is 1. The number of benzene rings is 2. The summed E-state index contributed by atoms with van der Waals surface area (Å²) in [7, 11) is -1.59. The lowest BCUT2D eigenvalue weighted by molar-refractivity contribution is 0.312. The highest BCUT2D eigenvalue weighted by atomic mass is 32.2. The summed E-state index contributed by atoms with van der Waals surface area (Å²) in [6.45, 7) is 9.48. The molecule has 1 N–H and O–H groups in total. The Morgan fingerprint density at radius 3 is 2.19 bits per heavy atom. The van der Waals surface area contributed by atoms with Gasteiger partial charge in [0.2, 0.25) is 0 Å². The van der Waals surface area contributed by atoms with Gasteiger partial charge in [-0.2, -0.15) is 0 Å². The van der Waals surface area contributed by atoms with Crippen LogP contribution in [0.4, 0.5) is 11.5 Å². The van der Waals surface area contributed by atoms with E-state index in [1.165, 1.54) is 0 Å². The van der Waals surface area contributed by atoms with Crippen LogP contribution in [-0.4, -0.2) is 56.7 Å². The Morgan fingerprint density at radius 2 is 1.56 bits per heavy atom. The van der Waals surface area contributed by atoms with E-state index in [0.717, 1.165) is 54.3 Å². The van der Waals surface area contributed by atoms with Crippen LogP contribution >= 0.6 is 0 Å². The SMILES string of the molecule is Cc1cc(C)c(S(=O)(=O)Nc2cccc(-c3ccc(N4CCN(C)CC4)nn3)c2)c(C)c1. The smallest absolute Gasteiger partial charge is 0.262 e.